The standard InChI is InChI=1S/C14H28N4O/c1-14(13(15)19,16-11-6-7-11)10-18-8-4-5-12(18)9-17(2)3/h11-12,16H,4-10H2,1-3H3,(H2,15,19). The van der Waals surface area contributed by atoms with E-state index in [1.165, 1.54) is 25.7 Å². The first-order valence-corrected chi connectivity index (χ1v) is 7.37. The van der Waals surface area contributed by atoms with E-state index in [1.54, 1.807) is 0 Å². The fourth-order valence-corrected chi connectivity index (χ4v) is 3.01. The van der Waals surface area contributed by atoms with E-state index in [4.69, 9.17) is 5.73 Å². The fourth-order valence-electron chi connectivity index (χ4n) is 3.01. The number of rotatable bonds is 7. The lowest BCUT2D eigenvalue weighted by Gasteiger charge is -2.36. The van der Waals surface area contributed by atoms with Gasteiger partial charge in [0.15, 0.2) is 0 Å². The Morgan fingerprint density at radius 1 is 1.42 bits per heavy atom. The molecule has 1 aliphatic heterocycles. The maximum atomic E-state index is 11.8. The van der Waals surface area contributed by atoms with Crippen LogP contribution in [0.4, 0.5) is 0 Å². The normalized spacial score (nSPS) is 27.7. The van der Waals surface area contributed by atoms with Crippen LogP contribution in [0.15, 0.2) is 0 Å². The van der Waals surface area contributed by atoms with Crippen LogP contribution >= 0.6 is 0 Å². The van der Waals surface area contributed by atoms with Gasteiger partial charge < -0.3 is 10.6 Å². The summed E-state index contributed by atoms with van der Waals surface area (Å²) < 4.78 is 0. The van der Waals surface area contributed by atoms with Crippen LogP contribution in [0.3, 0.4) is 0 Å². The molecule has 2 atom stereocenters. The molecule has 0 bridgehead atoms. The Kier molecular flexibility index (Phi) is 4.48. The zero-order valence-corrected chi connectivity index (χ0v) is 12.5. The van der Waals surface area contributed by atoms with Crippen molar-refractivity contribution in [2.24, 2.45) is 5.73 Å². The van der Waals surface area contributed by atoms with Crippen LogP contribution in [0.2, 0.25) is 0 Å². The van der Waals surface area contributed by atoms with Gasteiger partial charge in [-0.05, 0) is 53.2 Å². The number of carbonyl (C=O) groups is 1. The predicted molar refractivity (Wildman–Crippen MR) is 76.9 cm³/mol. The van der Waals surface area contributed by atoms with Crippen LogP contribution in [0, 0.1) is 0 Å². The van der Waals surface area contributed by atoms with Crippen molar-refractivity contribution < 1.29 is 4.79 Å². The van der Waals surface area contributed by atoms with Crippen LogP contribution in [0.25, 0.3) is 0 Å². The summed E-state index contributed by atoms with van der Waals surface area (Å²) in [4.78, 5) is 16.5. The molecular weight excluding hydrogens is 240 g/mol. The lowest BCUT2D eigenvalue weighted by molar-refractivity contribution is -0.124. The van der Waals surface area contributed by atoms with Crippen LogP contribution < -0.4 is 11.1 Å². The molecule has 1 heterocycles. The van der Waals surface area contributed by atoms with Gasteiger partial charge in [-0.2, -0.15) is 0 Å². The predicted octanol–water partition coefficient (Wildman–Crippen LogP) is 0.00840. The maximum Gasteiger partial charge on any atom is 0.238 e. The van der Waals surface area contributed by atoms with Crippen LogP contribution in [0.5, 0.6) is 0 Å². The van der Waals surface area contributed by atoms with Gasteiger partial charge in [0, 0.05) is 25.2 Å². The molecular formula is C14H28N4O. The third-order valence-corrected chi connectivity index (χ3v) is 4.24. The van der Waals surface area contributed by atoms with Crippen molar-refractivity contribution in [2.45, 2.75) is 50.2 Å². The highest BCUT2D eigenvalue weighted by Gasteiger charge is 2.40. The summed E-state index contributed by atoms with van der Waals surface area (Å²) in [6, 6.07) is 1.04. The molecule has 2 aliphatic rings. The van der Waals surface area contributed by atoms with E-state index in [9.17, 15) is 4.79 Å². The highest BCUT2D eigenvalue weighted by molar-refractivity contribution is 5.84. The minimum absolute atomic E-state index is 0.227. The Labute approximate surface area is 116 Å². The summed E-state index contributed by atoms with van der Waals surface area (Å²) in [5.41, 5.74) is 5.05. The second kappa shape index (κ2) is 5.77. The largest absolute Gasteiger partial charge is 0.368 e. The van der Waals surface area contributed by atoms with Gasteiger partial charge in [-0.3, -0.25) is 15.0 Å². The number of likely N-dealkylation sites (N-methyl/N-ethyl adjacent to an activating group) is 1. The van der Waals surface area contributed by atoms with E-state index in [0.717, 1.165) is 19.6 Å². The Balaban J connectivity index is 1.97. The van der Waals surface area contributed by atoms with Gasteiger partial charge in [-0.1, -0.05) is 0 Å². The van der Waals surface area contributed by atoms with Crippen molar-refractivity contribution in [3.8, 4) is 0 Å². The van der Waals surface area contributed by atoms with Gasteiger partial charge in [0.1, 0.15) is 5.54 Å². The minimum atomic E-state index is -0.587. The number of primary amides is 1. The number of hydrogen-bond acceptors (Lipinski definition) is 4. The molecule has 1 aliphatic carbocycles. The zero-order valence-electron chi connectivity index (χ0n) is 12.5. The molecule has 110 valence electrons. The van der Waals surface area contributed by atoms with E-state index in [0.29, 0.717) is 12.1 Å². The molecule has 1 amide bonds. The molecule has 3 N–H and O–H groups in total. The Morgan fingerprint density at radius 2 is 2.11 bits per heavy atom. The van der Waals surface area contributed by atoms with Crippen molar-refractivity contribution in [3.63, 3.8) is 0 Å². The average molecular weight is 268 g/mol. The van der Waals surface area contributed by atoms with Crippen LogP contribution in [-0.4, -0.2) is 67.1 Å². The van der Waals surface area contributed by atoms with Gasteiger partial charge in [0.25, 0.3) is 0 Å². The highest BCUT2D eigenvalue weighted by Crippen LogP contribution is 2.25. The van der Waals surface area contributed by atoms with Crippen LogP contribution in [-0.2, 0) is 4.79 Å². The van der Waals surface area contributed by atoms with Crippen molar-refractivity contribution in [1.29, 1.82) is 0 Å². The SMILES string of the molecule is CN(C)CC1CCCN1CC(C)(NC1CC1)C(N)=O. The Bertz CT molecular complexity index is 329. The molecule has 19 heavy (non-hydrogen) atoms. The summed E-state index contributed by atoms with van der Waals surface area (Å²) in [7, 11) is 4.21. The third kappa shape index (κ3) is 3.91. The molecule has 1 saturated carbocycles. The van der Waals surface area contributed by atoms with Gasteiger partial charge in [0.2, 0.25) is 5.91 Å². The highest BCUT2D eigenvalue weighted by atomic mass is 16.1. The lowest BCUT2D eigenvalue weighted by atomic mass is 10.00. The molecule has 0 radical (unpaired) electrons. The molecule has 2 unspecified atom stereocenters. The van der Waals surface area contributed by atoms with Gasteiger partial charge >= 0.3 is 0 Å². The number of carbonyl (C=O) groups excluding carboxylic acids is 1. The number of likely N-dealkylation sites (tertiary alicyclic amines) is 1. The third-order valence-electron chi connectivity index (χ3n) is 4.24. The molecule has 2 rings (SSSR count). The molecule has 2 fully saturated rings. The van der Waals surface area contributed by atoms with E-state index in [-0.39, 0.29) is 5.91 Å². The molecule has 5 heteroatoms. The van der Waals surface area contributed by atoms with Gasteiger partial charge in [-0.25, -0.2) is 0 Å². The Hall–Kier alpha value is -0.650. The quantitative estimate of drug-likeness (QED) is 0.683. The molecule has 0 aromatic carbocycles. The smallest absolute Gasteiger partial charge is 0.238 e. The first kappa shape index (κ1) is 14.8. The Morgan fingerprint density at radius 3 is 2.63 bits per heavy atom. The van der Waals surface area contributed by atoms with E-state index < -0.39 is 5.54 Å². The summed E-state index contributed by atoms with van der Waals surface area (Å²) in [6.45, 7) is 4.82. The molecule has 5 nitrogen and oxygen atoms in total. The monoisotopic (exact) mass is 268 g/mol. The second-order valence-corrected chi connectivity index (χ2v) is 6.64. The second-order valence-electron chi connectivity index (χ2n) is 6.64. The summed E-state index contributed by atoms with van der Waals surface area (Å²) in [5, 5.41) is 3.44. The number of nitrogens with zero attached hydrogens (tertiary/aromatic N) is 2. The van der Waals surface area contributed by atoms with E-state index in [2.05, 4.69) is 29.2 Å². The molecule has 0 aromatic rings. The summed E-state index contributed by atoms with van der Waals surface area (Å²) >= 11 is 0. The number of hydrogen-bond donors (Lipinski definition) is 2. The zero-order chi connectivity index (χ0) is 14.0. The maximum absolute atomic E-state index is 11.8. The average Bonchev–Trinajstić information content (AvgIpc) is 3.00. The first-order chi connectivity index (χ1) is 8.90. The van der Waals surface area contributed by atoms with Crippen molar-refractivity contribution in [1.82, 2.24) is 15.1 Å². The first-order valence-electron chi connectivity index (χ1n) is 7.37. The molecule has 1 saturated heterocycles. The molecule has 0 spiro atoms. The summed E-state index contributed by atoms with van der Waals surface area (Å²) in [6.07, 6.45) is 4.78. The lowest BCUT2D eigenvalue weighted by Crippen LogP contribution is -2.61. The van der Waals surface area contributed by atoms with Crippen molar-refractivity contribution >= 4 is 5.91 Å². The molecule has 0 aromatic heterocycles. The van der Waals surface area contributed by atoms with Crippen molar-refractivity contribution in [2.75, 3.05) is 33.7 Å². The number of amides is 1. The van der Waals surface area contributed by atoms with Crippen LogP contribution in [0.1, 0.15) is 32.6 Å². The van der Waals surface area contributed by atoms with Gasteiger partial charge in [-0.15, -0.1) is 0 Å². The van der Waals surface area contributed by atoms with E-state index in [1.807, 2.05) is 6.92 Å². The number of nitrogens with one attached hydrogen (secondary N) is 1. The van der Waals surface area contributed by atoms with Gasteiger partial charge in [0.05, 0.1) is 0 Å². The summed E-state index contributed by atoms with van der Waals surface area (Å²) in [5.74, 6) is -0.227. The minimum Gasteiger partial charge on any atom is -0.368 e. The van der Waals surface area contributed by atoms with E-state index >= 15 is 0 Å². The van der Waals surface area contributed by atoms with Crippen molar-refractivity contribution in [3.05, 3.63) is 0 Å². The fraction of sp³-hybridized carbons (Fsp3) is 0.929. The number of nitrogens with two attached hydrogens (primary N) is 1. The topological polar surface area (TPSA) is 61.6 Å².